The number of rotatable bonds is 9. The van der Waals surface area contributed by atoms with Gasteiger partial charge >= 0.3 is 0 Å². The summed E-state index contributed by atoms with van der Waals surface area (Å²) in [4.78, 5) is 24.6. The van der Waals surface area contributed by atoms with Crippen molar-refractivity contribution in [3.63, 3.8) is 0 Å². The van der Waals surface area contributed by atoms with E-state index in [1.165, 1.54) is 18.2 Å². The van der Waals surface area contributed by atoms with E-state index in [9.17, 15) is 26.8 Å². The van der Waals surface area contributed by atoms with Crippen LogP contribution in [0.25, 0.3) is 0 Å². The van der Waals surface area contributed by atoms with Gasteiger partial charge in [-0.25, -0.2) is 17.2 Å². The van der Waals surface area contributed by atoms with Gasteiger partial charge in [0.25, 0.3) is 0 Å². The van der Waals surface area contributed by atoms with Gasteiger partial charge in [-0.1, -0.05) is 31.5 Å². The molecule has 2 rings (SSSR count). The first-order valence-corrected chi connectivity index (χ1v) is 11.1. The van der Waals surface area contributed by atoms with Gasteiger partial charge in [-0.3, -0.25) is 9.59 Å². The summed E-state index contributed by atoms with van der Waals surface area (Å²) in [6.45, 7) is 5.01. The zero-order chi connectivity index (χ0) is 23.2. The van der Waals surface area contributed by atoms with Crippen LogP contribution in [0.15, 0.2) is 47.4 Å². The number of anilines is 1. The third-order valence-electron chi connectivity index (χ3n) is 4.28. The lowest BCUT2D eigenvalue weighted by molar-refractivity contribution is -0.125. The van der Waals surface area contributed by atoms with Crippen LogP contribution in [0, 0.1) is 24.5 Å². The Kier molecular flexibility index (Phi) is 8.23. The number of sulfonamides is 1. The predicted octanol–water partition coefficient (Wildman–Crippen LogP) is 2.72. The maximum absolute atomic E-state index is 13.2. The first-order chi connectivity index (χ1) is 14.5. The Bertz CT molecular complexity index is 1040. The number of benzene rings is 2. The van der Waals surface area contributed by atoms with E-state index >= 15 is 0 Å². The molecular weight excluding hydrogens is 428 g/mol. The Morgan fingerprint density at radius 2 is 1.65 bits per heavy atom. The van der Waals surface area contributed by atoms with E-state index in [0.29, 0.717) is 0 Å². The Labute approximate surface area is 180 Å². The van der Waals surface area contributed by atoms with Crippen molar-refractivity contribution in [1.29, 1.82) is 0 Å². The summed E-state index contributed by atoms with van der Waals surface area (Å²) in [6, 6.07) is 7.93. The highest BCUT2D eigenvalue weighted by atomic mass is 32.2. The van der Waals surface area contributed by atoms with Crippen molar-refractivity contribution in [2.75, 3.05) is 11.9 Å². The fourth-order valence-corrected chi connectivity index (χ4v) is 3.93. The Hall–Kier alpha value is -2.85. The molecular formula is C21H25F2N3O4S. The quantitative estimate of drug-likeness (QED) is 0.543. The molecule has 7 nitrogen and oxygen atoms in total. The van der Waals surface area contributed by atoms with Crippen molar-refractivity contribution >= 4 is 27.5 Å². The summed E-state index contributed by atoms with van der Waals surface area (Å²) in [5.41, 5.74) is 0.916. The molecule has 0 radical (unpaired) electrons. The third kappa shape index (κ3) is 7.41. The van der Waals surface area contributed by atoms with Crippen LogP contribution in [0.2, 0.25) is 0 Å². The molecule has 2 aromatic rings. The smallest absolute Gasteiger partial charge is 0.243 e. The zero-order valence-electron chi connectivity index (χ0n) is 17.4. The molecule has 0 aliphatic carbocycles. The van der Waals surface area contributed by atoms with Crippen molar-refractivity contribution in [1.82, 2.24) is 10.0 Å². The lowest BCUT2D eigenvalue weighted by Crippen LogP contribution is -2.48. The van der Waals surface area contributed by atoms with E-state index < -0.39 is 46.1 Å². The topological polar surface area (TPSA) is 104 Å². The fourth-order valence-electron chi connectivity index (χ4n) is 2.72. The molecule has 0 spiro atoms. The number of hydrogen-bond donors (Lipinski definition) is 3. The van der Waals surface area contributed by atoms with E-state index in [4.69, 9.17) is 0 Å². The Balaban J connectivity index is 2.02. The van der Waals surface area contributed by atoms with Crippen molar-refractivity contribution in [3.8, 4) is 0 Å². The first-order valence-electron chi connectivity index (χ1n) is 9.59. The summed E-state index contributed by atoms with van der Waals surface area (Å²) in [5, 5.41) is 4.70. The summed E-state index contributed by atoms with van der Waals surface area (Å²) < 4.78 is 53.9. The van der Waals surface area contributed by atoms with Gasteiger partial charge in [0.05, 0.1) is 11.4 Å². The molecule has 0 heterocycles. The van der Waals surface area contributed by atoms with Crippen LogP contribution in [0.1, 0.15) is 25.8 Å². The predicted molar refractivity (Wildman–Crippen MR) is 113 cm³/mol. The lowest BCUT2D eigenvalue weighted by Gasteiger charge is -2.20. The number of aryl methyl sites for hydroxylation is 1. The van der Waals surface area contributed by atoms with Gasteiger partial charge in [0.15, 0.2) is 11.6 Å². The van der Waals surface area contributed by atoms with Crippen LogP contribution >= 0.6 is 0 Å². The summed E-state index contributed by atoms with van der Waals surface area (Å²) in [5.74, 6) is -3.53. The van der Waals surface area contributed by atoms with E-state index in [-0.39, 0.29) is 22.9 Å². The van der Waals surface area contributed by atoms with Gasteiger partial charge in [-0.05, 0) is 43.5 Å². The fraction of sp³-hybridized carbons (Fsp3) is 0.333. The number of nitrogens with one attached hydrogen (secondary N) is 3. The standard InChI is InChI=1S/C21H25F2N3O4S/c1-13(2)10-19(26-31(29,30)16-7-4-14(3)5-8-16)21(28)24-12-20(27)25-15-6-9-17(22)18(23)11-15/h4-9,11,13,19,26H,10,12H2,1-3H3,(H,24,28)(H,25,27)/t19-/m1/s1. The van der Waals surface area contributed by atoms with Crippen molar-refractivity contribution in [2.45, 2.75) is 38.1 Å². The molecule has 31 heavy (non-hydrogen) atoms. The number of halogens is 2. The van der Waals surface area contributed by atoms with Gasteiger partial charge < -0.3 is 10.6 Å². The normalized spacial score (nSPS) is 12.5. The monoisotopic (exact) mass is 453 g/mol. The molecule has 10 heteroatoms. The third-order valence-corrected chi connectivity index (χ3v) is 5.77. The molecule has 0 aliphatic rings. The minimum absolute atomic E-state index is 0.00696. The minimum Gasteiger partial charge on any atom is -0.346 e. The molecule has 1 atom stereocenters. The second-order valence-corrected chi connectivity index (χ2v) is 9.23. The Morgan fingerprint density at radius 1 is 1.00 bits per heavy atom. The maximum Gasteiger partial charge on any atom is 0.243 e. The molecule has 168 valence electrons. The van der Waals surface area contributed by atoms with Crippen molar-refractivity contribution in [3.05, 3.63) is 59.7 Å². The Morgan fingerprint density at radius 3 is 2.23 bits per heavy atom. The number of hydrogen-bond acceptors (Lipinski definition) is 4. The van der Waals surface area contributed by atoms with Gasteiger partial charge in [0, 0.05) is 11.8 Å². The van der Waals surface area contributed by atoms with Crippen LogP contribution in [-0.4, -0.2) is 32.8 Å². The van der Waals surface area contributed by atoms with Crippen LogP contribution in [0.3, 0.4) is 0 Å². The number of carbonyl (C=O) groups excluding carboxylic acids is 2. The van der Waals surface area contributed by atoms with Crippen molar-refractivity contribution in [2.24, 2.45) is 5.92 Å². The van der Waals surface area contributed by atoms with Gasteiger partial charge in [0.1, 0.15) is 6.04 Å². The second kappa shape index (κ2) is 10.5. The molecule has 2 aromatic carbocycles. The van der Waals surface area contributed by atoms with E-state index in [1.807, 2.05) is 20.8 Å². The summed E-state index contributed by atoms with van der Waals surface area (Å²) in [6.07, 6.45) is 0.210. The average Bonchev–Trinajstić information content (AvgIpc) is 2.68. The lowest BCUT2D eigenvalue weighted by atomic mass is 10.0. The molecule has 0 saturated carbocycles. The van der Waals surface area contributed by atoms with E-state index in [2.05, 4.69) is 15.4 Å². The highest BCUT2D eigenvalue weighted by Crippen LogP contribution is 2.14. The molecule has 3 N–H and O–H groups in total. The highest BCUT2D eigenvalue weighted by Gasteiger charge is 2.26. The van der Waals surface area contributed by atoms with Gasteiger partial charge in [0.2, 0.25) is 21.8 Å². The van der Waals surface area contributed by atoms with E-state index in [1.54, 1.807) is 12.1 Å². The number of carbonyl (C=O) groups is 2. The highest BCUT2D eigenvalue weighted by molar-refractivity contribution is 7.89. The van der Waals surface area contributed by atoms with Crippen LogP contribution < -0.4 is 15.4 Å². The zero-order valence-corrected chi connectivity index (χ0v) is 18.2. The van der Waals surface area contributed by atoms with Gasteiger partial charge in [-0.2, -0.15) is 4.72 Å². The molecule has 0 bridgehead atoms. The first kappa shape index (κ1) is 24.4. The molecule has 0 aromatic heterocycles. The van der Waals surface area contributed by atoms with Crippen LogP contribution in [0.5, 0.6) is 0 Å². The van der Waals surface area contributed by atoms with Crippen molar-refractivity contribution < 1.29 is 26.8 Å². The number of amides is 2. The average molecular weight is 454 g/mol. The maximum atomic E-state index is 13.2. The van der Waals surface area contributed by atoms with E-state index in [0.717, 1.165) is 17.7 Å². The minimum atomic E-state index is -3.95. The largest absolute Gasteiger partial charge is 0.346 e. The summed E-state index contributed by atoms with van der Waals surface area (Å²) >= 11 is 0. The van der Waals surface area contributed by atoms with Gasteiger partial charge in [-0.15, -0.1) is 0 Å². The van der Waals surface area contributed by atoms with Crippen LogP contribution in [0.4, 0.5) is 14.5 Å². The molecule has 2 amide bonds. The summed E-state index contributed by atoms with van der Waals surface area (Å²) in [7, 11) is -3.95. The molecule has 0 fully saturated rings. The molecule has 0 aliphatic heterocycles. The SMILES string of the molecule is Cc1ccc(S(=O)(=O)N[C@H](CC(C)C)C(=O)NCC(=O)Nc2ccc(F)c(F)c2)cc1. The van der Waals surface area contributed by atoms with Crippen LogP contribution in [-0.2, 0) is 19.6 Å². The molecule has 0 unspecified atom stereocenters. The molecule has 0 saturated heterocycles. The second-order valence-electron chi connectivity index (χ2n) is 7.51.